The van der Waals surface area contributed by atoms with Crippen molar-refractivity contribution in [3.05, 3.63) is 29.7 Å². The van der Waals surface area contributed by atoms with Crippen LogP contribution in [0.15, 0.2) is 22.6 Å². The van der Waals surface area contributed by atoms with Gasteiger partial charge >= 0.3 is 5.97 Å². The largest absolute Gasteiger partial charge is 0.462 e. The number of nitrogens with one attached hydrogen (secondary N) is 1. The second kappa shape index (κ2) is 7.99. The van der Waals surface area contributed by atoms with Crippen LogP contribution in [0.5, 0.6) is 0 Å². The topological polar surface area (TPSA) is 68.5 Å². The van der Waals surface area contributed by atoms with Crippen molar-refractivity contribution >= 4 is 18.0 Å². The Hall–Kier alpha value is -2.04. The highest BCUT2D eigenvalue weighted by Crippen LogP contribution is 2.23. The molecule has 5 heteroatoms. The molecule has 1 aromatic rings. The smallest absolute Gasteiger partial charge is 0.331 e. The first-order chi connectivity index (χ1) is 11.0. The summed E-state index contributed by atoms with van der Waals surface area (Å²) in [5, 5.41) is 2.99. The zero-order chi connectivity index (χ0) is 16.8. The van der Waals surface area contributed by atoms with Crippen molar-refractivity contribution in [2.24, 2.45) is 5.92 Å². The minimum Gasteiger partial charge on any atom is -0.462 e. The molecule has 1 fully saturated rings. The molecule has 0 spiro atoms. The van der Waals surface area contributed by atoms with Crippen molar-refractivity contribution in [1.29, 1.82) is 0 Å². The van der Waals surface area contributed by atoms with Crippen LogP contribution < -0.4 is 5.32 Å². The van der Waals surface area contributed by atoms with Crippen molar-refractivity contribution in [3.63, 3.8) is 0 Å². The molecule has 3 atom stereocenters. The SMILES string of the molecule is Cc1ccc(/C=C/C(=O)OC(C)C(=O)NC2CCCCC2C)o1. The van der Waals surface area contributed by atoms with Crippen LogP contribution in [0.25, 0.3) is 6.08 Å². The van der Waals surface area contributed by atoms with Gasteiger partial charge in [-0.25, -0.2) is 4.79 Å². The number of rotatable bonds is 5. The molecule has 1 aromatic heterocycles. The predicted molar refractivity (Wildman–Crippen MR) is 87.6 cm³/mol. The fraction of sp³-hybridized carbons (Fsp3) is 0.556. The van der Waals surface area contributed by atoms with Gasteiger partial charge in [-0.05, 0) is 50.8 Å². The Morgan fingerprint density at radius 3 is 2.74 bits per heavy atom. The Morgan fingerprint density at radius 1 is 1.35 bits per heavy atom. The first-order valence-electron chi connectivity index (χ1n) is 8.21. The Kier molecular flexibility index (Phi) is 6.02. The van der Waals surface area contributed by atoms with Crippen LogP contribution in [-0.4, -0.2) is 24.0 Å². The molecule has 1 aliphatic carbocycles. The maximum Gasteiger partial charge on any atom is 0.331 e. The summed E-state index contributed by atoms with van der Waals surface area (Å²) < 4.78 is 10.5. The van der Waals surface area contributed by atoms with Crippen LogP contribution in [0.2, 0.25) is 0 Å². The summed E-state index contributed by atoms with van der Waals surface area (Å²) in [5.41, 5.74) is 0. The molecule has 1 amide bonds. The van der Waals surface area contributed by atoms with E-state index in [-0.39, 0.29) is 11.9 Å². The van der Waals surface area contributed by atoms with E-state index in [2.05, 4.69) is 12.2 Å². The van der Waals surface area contributed by atoms with E-state index in [9.17, 15) is 9.59 Å². The third-order valence-corrected chi connectivity index (χ3v) is 4.25. The third kappa shape index (κ3) is 5.27. The molecule has 0 aromatic carbocycles. The van der Waals surface area contributed by atoms with Gasteiger partial charge < -0.3 is 14.5 Å². The molecule has 3 unspecified atom stereocenters. The molecule has 1 N–H and O–H groups in total. The van der Waals surface area contributed by atoms with Crippen LogP contribution in [0, 0.1) is 12.8 Å². The number of carbonyl (C=O) groups excluding carboxylic acids is 2. The number of aryl methyl sites for hydroxylation is 1. The van der Waals surface area contributed by atoms with Gasteiger partial charge in [0.15, 0.2) is 6.10 Å². The average molecular weight is 319 g/mol. The number of hydrogen-bond donors (Lipinski definition) is 1. The van der Waals surface area contributed by atoms with E-state index < -0.39 is 12.1 Å². The molecule has 1 aliphatic rings. The first-order valence-corrected chi connectivity index (χ1v) is 8.21. The lowest BCUT2D eigenvalue weighted by Gasteiger charge is -2.30. The standard InChI is InChI=1S/C18H25NO4/c1-12-6-4-5-7-16(12)19-18(21)14(3)23-17(20)11-10-15-9-8-13(2)22-15/h8-12,14,16H,4-7H2,1-3H3,(H,19,21)/b11-10+. The van der Waals surface area contributed by atoms with Crippen molar-refractivity contribution in [1.82, 2.24) is 5.32 Å². The lowest BCUT2D eigenvalue weighted by atomic mass is 9.86. The van der Waals surface area contributed by atoms with E-state index in [1.807, 2.05) is 13.0 Å². The minimum absolute atomic E-state index is 0.180. The van der Waals surface area contributed by atoms with Crippen LogP contribution in [0.4, 0.5) is 0 Å². The average Bonchev–Trinajstić information content (AvgIpc) is 2.93. The van der Waals surface area contributed by atoms with Crippen LogP contribution >= 0.6 is 0 Å². The van der Waals surface area contributed by atoms with E-state index in [0.29, 0.717) is 11.7 Å². The summed E-state index contributed by atoms with van der Waals surface area (Å²) in [6.45, 7) is 5.56. The third-order valence-electron chi connectivity index (χ3n) is 4.25. The van der Waals surface area contributed by atoms with Gasteiger partial charge in [-0.1, -0.05) is 19.8 Å². The highest BCUT2D eigenvalue weighted by atomic mass is 16.5. The maximum atomic E-state index is 12.1. The Balaban J connectivity index is 1.80. The van der Waals surface area contributed by atoms with Gasteiger partial charge in [0.2, 0.25) is 0 Å². The molecule has 1 heterocycles. The van der Waals surface area contributed by atoms with Gasteiger partial charge in [0.25, 0.3) is 5.91 Å². The highest BCUT2D eigenvalue weighted by molar-refractivity contribution is 5.90. The van der Waals surface area contributed by atoms with Crippen LogP contribution in [0.3, 0.4) is 0 Å². The fourth-order valence-corrected chi connectivity index (χ4v) is 2.79. The Morgan fingerprint density at radius 2 is 2.09 bits per heavy atom. The number of amides is 1. The zero-order valence-corrected chi connectivity index (χ0v) is 14.0. The van der Waals surface area contributed by atoms with Gasteiger partial charge in [-0.2, -0.15) is 0 Å². The van der Waals surface area contributed by atoms with E-state index in [0.717, 1.165) is 25.0 Å². The summed E-state index contributed by atoms with van der Waals surface area (Å²) in [4.78, 5) is 23.9. The number of hydrogen-bond acceptors (Lipinski definition) is 4. The monoisotopic (exact) mass is 319 g/mol. The lowest BCUT2D eigenvalue weighted by molar-refractivity contribution is -0.150. The van der Waals surface area contributed by atoms with E-state index in [4.69, 9.17) is 9.15 Å². The molecule has 0 saturated heterocycles. The summed E-state index contributed by atoms with van der Waals surface area (Å²) in [6, 6.07) is 3.76. The normalized spacial score (nSPS) is 22.7. The van der Waals surface area contributed by atoms with Crippen molar-refractivity contribution in [2.45, 2.75) is 58.6 Å². The molecule has 0 radical (unpaired) electrons. The van der Waals surface area contributed by atoms with Crippen molar-refractivity contribution < 1.29 is 18.7 Å². The summed E-state index contributed by atoms with van der Waals surface area (Å²) in [6.07, 6.45) is 6.47. The zero-order valence-electron chi connectivity index (χ0n) is 14.0. The number of esters is 1. The lowest BCUT2D eigenvalue weighted by Crippen LogP contribution is -2.45. The van der Waals surface area contributed by atoms with Gasteiger partial charge in [-0.3, -0.25) is 4.79 Å². The van der Waals surface area contributed by atoms with Gasteiger partial charge in [0, 0.05) is 12.1 Å². The Labute approximate surface area is 137 Å². The Bertz CT molecular complexity index is 575. The van der Waals surface area contributed by atoms with Gasteiger partial charge in [-0.15, -0.1) is 0 Å². The summed E-state index contributed by atoms with van der Waals surface area (Å²) in [5.74, 6) is 1.02. The minimum atomic E-state index is -0.806. The molecule has 5 nitrogen and oxygen atoms in total. The second-order valence-electron chi connectivity index (χ2n) is 6.24. The quantitative estimate of drug-likeness (QED) is 0.668. The first kappa shape index (κ1) is 17.3. The molecule has 126 valence electrons. The predicted octanol–water partition coefficient (Wildman–Crippen LogP) is 3.23. The second-order valence-corrected chi connectivity index (χ2v) is 6.24. The van der Waals surface area contributed by atoms with Crippen LogP contribution in [-0.2, 0) is 14.3 Å². The molecular formula is C18H25NO4. The molecule has 0 bridgehead atoms. The molecule has 0 aliphatic heterocycles. The van der Waals surface area contributed by atoms with Gasteiger partial charge in [0.1, 0.15) is 11.5 Å². The molecule has 1 saturated carbocycles. The summed E-state index contributed by atoms with van der Waals surface area (Å²) >= 11 is 0. The fourth-order valence-electron chi connectivity index (χ4n) is 2.79. The maximum absolute atomic E-state index is 12.1. The molecular weight excluding hydrogens is 294 g/mol. The van der Waals surface area contributed by atoms with Crippen LogP contribution in [0.1, 0.15) is 51.1 Å². The van der Waals surface area contributed by atoms with E-state index >= 15 is 0 Å². The van der Waals surface area contributed by atoms with E-state index in [1.54, 1.807) is 13.0 Å². The van der Waals surface area contributed by atoms with Crippen molar-refractivity contribution in [2.75, 3.05) is 0 Å². The summed E-state index contributed by atoms with van der Waals surface area (Å²) in [7, 11) is 0. The number of ether oxygens (including phenoxy) is 1. The van der Waals surface area contributed by atoms with E-state index in [1.165, 1.54) is 18.6 Å². The molecule has 23 heavy (non-hydrogen) atoms. The molecule has 2 rings (SSSR count). The number of furan rings is 1. The van der Waals surface area contributed by atoms with Gasteiger partial charge in [0.05, 0.1) is 0 Å². The highest BCUT2D eigenvalue weighted by Gasteiger charge is 2.25. The number of carbonyl (C=O) groups is 2. The van der Waals surface area contributed by atoms with Crippen molar-refractivity contribution in [3.8, 4) is 0 Å².